The number of carbonyl (C=O) groups is 2. The lowest BCUT2D eigenvalue weighted by atomic mass is 10.1. The molecule has 0 saturated heterocycles. The highest BCUT2D eigenvalue weighted by molar-refractivity contribution is 5.93. The minimum atomic E-state index is -0.682. The zero-order chi connectivity index (χ0) is 17.4. The van der Waals surface area contributed by atoms with Crippen molar-refractivity contribution in [3.63, 3.8) is 0 Å². The van der Waals surface area contributed by atoms with Crippen molar-refractivity contribution in [1.82, 2.24) is 0 Å². The Kier molecular flexibility index (Phi) is 6.31. The number of esters is 1. The quantitative estimate of drug-likeness (QED) is 0.792. The van der Waals surface area contributed by atoms with E-state index in [0.717, 1.165) is 12.0 Å². The van der Waals surface area contributed by atoms with E-state index in [4.69, 9.17) is 9.47 Å². The number of amides is 1. The SMILES string of the molecule is CCc1ccccc1NC(=O)COC(=O)COc1ccc(F)cc1. The molecule has 0 aromatic heterocycles. The van der Waals surface area contributed by atoms with Crippen LogP contribution in [-0.2, 0) is 20.7 Å². The molecular formula is C18H18FNO4. The lowest BCUT2D eigenvalue weighted by Gasteiger charge is -2.10. The number of benzene rings is 2. The van der Waals surface area contributed by atoms with Crippen LogP contribution in [0.1, 0.15) is 12.5 Å². The van der Waals surface area contributed by atoms with Gasteiger partial charge in [0.1, 0.15) is 11.6 Å². The molecule has 0 aliphatic carbocycles. The van der Waals surface area contributed by atoms with E-state index in [2.05, 4.69) is 5.32 Å². The average molecular weight is 331 g/mol. The van der Waals surface area contributed by atoms with Gasteiger partial charge >= 0.3 is 5.97 Å². The molecule has 0 bridgehead atoms. The molecule has 0 heterocycles. The number of para-hydroxylation sites is 1. The molecule has 0 aliphatic heterocycles. The lowest BCUT2D eigenvalue weighted by Crippen LogP contribution is -2.24. The third kappa shape index (κ3) is 5.39. The molecule has 0 fully saturated rings. The zero-order valence-electron chi connectivity index (χ0n) is 13.3. The molecule has 1 N–H and O–H groups in total. The van der Waals surface area contributed by atoms with Gasteiger partial charge in [0.15, 0.2) is 13.2 Å². The minimum Gasteiger partial charge on any atom is -0.482 e. The molecule has 2 aromatic carbocycles. The second-order valence-corrected chi connectivity index (χ2v) is 4.96. The molecular weight excluding hydrogens is 313 g/mol. The van der Waals surface area contributed by atoms with Gasteiger partial charge in [0.2, 0.25) is 0 Å². The first kappa shape index (κ1) is 17.5. The summed E-state index contributed by atoms with van der Waals surface area (Å²) in [6, 6.07) is 12.7. The number of hydrogen-bond donors (Lipinski definition) is 1. The van der Waals surface area contributed by atoms with Crippen LogP contribution < -0.4 is 10.1 Å². The van der Waals surface area contributed by atoms with Crippen molar-refractivity contribution >= 4 is 17.6 Å². The van der Waals surface area contributed by atoms with Crippen LogP contribution in [0.15, 0.2) is 48.5 Å². The first-order chi connectivity index (χ1) is 11.6. The van der Waals surface area contributed by atoms with Crippen LogP contribution in [0, 0.1) is 5.82 Å². The third-order valence-electron chi connectivity index (χ3n) is 3.21. The molecule has 126 valence electrons. The molecule has 0 saturated carbocycles. The van der Waals surface area contributed by atoms with Crippen molar-refractivity contribution < 1.29 is 23.5 Å². The van der Waals surface area contributed by atoms with E-state index >= 15 is 0 Å². The summed E-state index contributed by atoms with van der Waals surface area (Å²) in [6.45, 7) is 1.23. The van der Waals surface area contributed by atoms with Gasteiger partial charge in [0, 0.05) is 5.69 Å². The van der Waals surface area contributed by atoms with Gasteiger partial charge < -0.3 is 14.8 Å². The Morgan fingerprint density at radius 1 is 1.04 bits per heavy atom. The van der Waals surface area contributed by atoms with Crippen LogP contribution in [0.3, 0.4) is 0 Å². The summed E-state index contributed by atoms with van der Waals surface area (Å²) in [6.07, 6.45) is 0.780. The van der Waals surface area contributed by atoms with E-state index in [1.807, 2.05) is 25.1 Å². The van der Waals surface area contributed by atoms with E-state index in [0.29, 0.717) is 11.4 Å². The Morgan fingerprint density at radius 2 is 1.75 bits per heavy atom. The highest BCUT2D eigenvalue weighted by Crippen LogP contribution is 2.15. The molecule has 2 aromatic rings. The van der Waals surface area contributed by atoms with Crippen molar-refractivity contribution in [3.8, 4) is 5.75 Å². The van der Waals surface area contributed by atoms with Crippen LogP contribution >= 0.6 is 0 Å². The first-order valence-electron chi connectivity index (χ1n) is 7.50. The summed E-state index contributed by atoms with van der Waals surface area (Å²) in [4.78, 5) is 23.4. The van der Waals surface area contributed by atoms with Crippen molar-refractivity contribution in [2.75, 3.05) is 18.5 Å². The molecule has 0 unspecified atom stereocenters. The Balaban J connectivity index is 1.74. The fourth-order valence-electron chi connectivity index (χ4n) is 2.00. The van der Waals surface area contributed by atoms with Gasteiger partial charge in [-0.3, -0.25) is 4.79 Å². The molecule has 2 rings (SSSR count). The van der Waals surface area contributed by atoms with E-state index in [1.165, 1.54) is 24.3 Å². The van der Waals surface area contributed by atoms with Gasteiger partial charge in [-0.15, -0.1) is 0 Å². The van der Waals surface area contributed by atoms with Crippen LogP contribution in [0.2, 0.25) is 0 Å². The first-order valence-corrected chi connectivity index (χ1v) is 7.50. The molecule has 5 nitrogen and oxygen atoms in total. The van der Waals surface area contributed by atoms with Gasteiger partial charge in [-0.2, -0.15) is 0 Å². The van der Waals surface area contributed by atoms with Crippen LogP contribution in [0.25, 0.3) is 0 Å². The van der Waals surface area contributed by atoms with E-state index in [9.17, 15) is 14.0 Å². The Morgan fingerprint density at radius 3 is 2.46 bits per heavy atom. The predicted molar refractivity (Wildman–Crippen MR) is 87.3 cm³/mol. The standard InChI is InChI=1S/C18H18FNO4/c1-2-13-5-3-4-6-16(13)20-17(21)11-24-18(22)12-23-15-9-7-14(19)8-10-15/h3-10H,2,11-12H2,1H3,(H,20,21). The van der Waals surface area contributed by atoms with Crippen molar-refractivity contribution in [2.24, 2.45) is 0 Å². The number of hydrogen-bond acceptors (Lipinski definition) is 4. The number of rotatable bonds is 7. The van der Waals surface area contributed by atoms with Gasteiger partial charge in [-0.05, 0) is 42.3 Å². The average Bonchev–Trinajstić information content (AvgIpc) is 2.60. The monoisotopic (exact) mass is 331 g/mol. The van der Waals surface area contributed by atoms with Gasteiger partial charge in [-0.1, -0.05) is 25.1 Å². The predicted octanol–water partition coefficient (Wildman–Crippen LogP) is 2.95. The Hall–Kier alpha value is -2.89. The van der Waals surface area contributed by atoms with E-state index in [1.54, 1.807) is 6.07 Å². The second kappa shape index (κ2) is 8.67. The summed E-state index contributed by atoms with van der Waals surface area (Å²) in [7, 11) is 0. The maximum atomic E-state index is 12.7. The van der Waals surface area contributed by atoms with Crippen molar-refractivity contribution in [3.05, 3.63) is 59.9 Å². The van der Waals surface area contributed by atoms with Gasteiger partial charge in [0.25, 0.3) is 5.91 Å². The molecule has 0 radical (unpaired) electrons. The number of ether oxygens (including phenoxy) is 2. The summed E-state index contributed by atoms with van der Waals surface area (Å²) < 4.78 is 22.7. The van der Waals surface area contributed by atoms with Crippen molar-refractivity contribution in [1.29, 1.82) is 0 Å². The number of halogens is 1. The second-order valence-electron chi connectivity index (χ2n) is 4.96. The number of anilines is 1. The summed E-state index contributed by atoms with van der Waals surface area (Å²) in [5.41, 5.74) is 1.69. The number of aryl methyl sites for hydroxylation is 1. The molecule has 0 aliphatic rings. The topological polar surface area (TPSA) is 64.6 Å². The normalized spacial score (nSPS) is 10.1. The van der Waals surface area contributed by atoms with E-state index in [-0.39, 0.29) is 6.61 Å². The highest BCUT2D eigenvalue weighted by atomic mass is 19.1. The Labute approximate surface area is 139 Å². The Bertz CT molecular complexity index is 700. The lowest BCUT2D eigenvalue weighted by molar-refractivity contribution is -0.149. The zero-order valence-corrected chi connectivity index (χ0v) is 13.3. The van der Waals surface area contributed by atoms with Crippen LogP contribution in [-0.4, -0.2) is 25.1 Å². The fourth-order valence-corrected chi connectivity index (χ4v) is 2.00. The summed E-state index contributed by atoms with van der Waals surface area (Å²) in [5.74, 6) is -1.16. The molecule has 0 spiro atoms. The van der Waals surface area contributed by atoms with Gasteiger partial charge in [-0.25, -0.2) is 9.18 Å². The largest absolute Gasteiger partial charge is 0.482 e. The molecule has 6 heteroatoms. The summed E-state index contributed by atoms with van der Waals surface area (Å²) in [5, 5.41) is 2.70. The molecule has 24 heavy (non-hydrogen) atoms. The maximum absolute atomic E-state index is 12.7. The number of carbonyl (C=O) groups excluding carboxylic acids is 2. The summed E-state index contributed by atoms with van der Waals surface area (Å²) >= 11 is 0. The highest BCUT2D eigenvalue weighted by Gasteiger charge is 2.10. The fraction of sp³-hybridized carbons (Fsp3) is 0.222. The minimum absolute atomic E-state index is 0.342. The van der Waals surface area contributed by atoms with Crippen LogP contribution in [0.4, 0.5) is 10.1 Å². The van der Waals surface area contributed by atoms with Gasteiger partial charge in [0.05, 0.1) is 0 Å². The smallest absolute Gasteiger partial charge is 0.344 e. The third-order valence-corrected chi connectivity index (χ3v) is 3.21. The molecule has 0 atom stereocenters. The van der Waals surface area contributed by atoms with Crippen molar-refractivity contribution in [2.45, 2.75) is 13.3 Å². The van der Waals surface area contributed by atoms with E-state index < -0.39 is 24.3 Å². The van der Waals surface area contributed by atoms with Crippen LogP contribution in [0.5, 0.6) is 5.75 Å². The molecule has 1 amide bonds. The maximum Gasteiger partial charge on any atom is 0.344 e. The number of nitrogens with one attached hydrogen (secondary N) is 1.